The summed E-state index contributed by atoms with van der Waals surface area (Å²) in [5.41, 5.74) is 1.29. The van der Waals surface area contributed by atoms with Gasteiger partial charge in [-0.05, 0) is 45.8 Å². The van der Waals surface area contributed by atoms with Gasteiger partial charge in [0.1, 0.15) is 17.6 Å². The molecule has 2 rings (SSSR count). The lowest BCUT2D eigenvalue weighted by Gasteiger charge is -2.18. The average molecular weight is 358 g/mol. The molecule has 3 nitrogen and oxygen atoms in total. The lowest BCUT2D eigenvalue weighted by atomic mass is 9.99. The maximum Gasteiger partial charge on any atom is 0.128 e. The Morgan fingerprint density at radius 1 is 1.10 bits per heavy atom. The predicted molar refractivity (Wildman–Crippen MR) is 82.8 cm³/mol. The largest absolute Gasteiger partial charge is 0.496 e. The summed E-state index contributed by atoms with van der Waals surface area (Å²) in [5, 5.41) is 11.2. The number of halogens is 2. The van der Waals surface area contributed by atoms with Crippen LogP contribution in [0.15, 0.2) is 40.9 Å². The third-order valence-electron chi connectivity index (χ3n) is 3.00. The molecule has 0 aliphatic carbocycles. The summed E-state index contributed by atoms with van der Waals surface area (Å²) < 4.78 is 11.3. The van der Waals surface area contributed by atoms with E-state index in [1.54, 1.807) is 44.6 Å². The zero-order valence-corrected chi connectivity index (χ0v) is 13.4. The molecule has 0 fully saturated rings. The van der Waals surface area contributed by atoms with Crippen LogP contribution in [0.5, 0.6) is 11.5 Å². The normalized spacial score (nSPS) is 12.1. The number of hydrogen-bond acceptors (Lipinski definition) is 3. The van der Waals surface area contributed by atoms with Crippen LogP contribution in [-0.2, 0) is 0 Å². The molecular formula is C15H14BrClO3. The van der Waals surface area contributed by atoms with Gasteiger partial charge >= 0.3 is 0 Å². The molecule has 0 saturated heterocycles. The summed E-state index contributed by atoms with van der Waals surface area (Å²) >= 11 is 9.32. The van der Waals surface area contributed by atoms with Gasteiger partial charge < -0.3 is 14.6 Å². The fraction of sp³-hybridized carbons (Fsp3) is 0.200. The van der Waals surface area contributed by atoms with Gasteiger partial charge in [-0.25, -0.2) is 0 Å². The molecule has 0 spiro atoms. The van der Waals surface area contributed by atoms with Gasteiger partial charge in [0.15, 0.2) is 0 Å². The predicted octanol–water partition coefficient (Wildman–Crippen LogP) is 4.20. The molecule has 1 unspecified atom stereocenters. The Bertz CT molecular complexity index is 594. The molecule has 1 N–H and O–H groups in total. The van der Waals surface area contributed by atoms with Crippen LogP contribution in [0.1, 0.15) is 17.2 Å². The quantitative estimate of drug-likeness (QED) is 0.891. The Morgan fingerprint density at radius 2 is 1.70 bits per heavy atom. The molecule has 0 aliphatic heterocycles. The monoisotopic (exact) mass is 356 g/mol. The van der Waals surface area contributed by atoms with Gasteiger partial charge in [0.2, 0.25) is 0 Å². The summed E-state index contributed by atoms with van der Waals surface area (Å²) in [4.78, 5) is 0. The smallest absolute Gasteiger partial charge is 0.128 e. The van der Waals surface area contributed by atoms with Gasteiger partial charge in [-0.2, -0.15) is 0 Å². The molecule has 0 bridgehead atoms. The second kappa shape index (κ2) is 6.48. The van der Waals surface area contributed by atoms with Gasteiger partial charge in [-0.3, -0.25) is 0 Å². The van der Waals surface area contributed by atoms with Crippen molar-refractivity contribution in [2.45, 2.75) is 6.10 Å². The van der Waals surface area contributed by atoms with Gasteiger partial charge in [-0.1, -0.05) is 23.7 Å². The minimum Gasteiger partial charge on any atom is -0.496 e. The van der Waals surface area contributed by atoms with E-state index in [9.17, 15) is 5.11 Å². The van der Waals surface area contributed by atoms with Gasteiger partial charge in [0.05, 0.1) is 24.8 Å². The van der Waals surface area contributed by atoms with E-state index in [4.69, 9.17) is 21.1 Å². The van der Waals surface area contributed by atoms with E-state index in [0.717, 1.165) is 4.47 Å². The fourth-order valence-corrected chi connectivity index (χ4v) is 2.51. The molecule has 0 amide bonds. The van der Waals surface area contributed by atoms with Crippen LogP contribution in [0.3, 0.4) is 0 Å². The molecule has 106 valence electrons. The van der Waals surface area contributed by atoms with Crippen molar-refractivity contribution in [3.63, 3.8) is 0 Å². The van der Waals surface area contributed by atoms with Gasteiger partial charge in [0, 0.05) is 4.47 Å². The van der Waals surface area contributed by atoms with Crippen molar-refractivity contribution in [1.29, 1.82) is 0 Å². The number of hydrogen-bond donors (Lipinski definition) is 1. The lowest BCUT2D eigenvalue weighted by molar-refractivity contribution is 0.208. The van der Waals surface area contributed by atoms with E-state index < -0.39 is 6.10 Å². The molecule has 0 radical (unpaired) electrons. The molecule has 2 aromatic carbocycles. The van der Waals surface area contributed by atoms with Crippen LogP contribution >= 0.6 is 27.5 Å². The van der Waals surface area contributed by atoms with Gasteiger partial charge in [-0.15, -0.1) is 0 Å². The maximum atomic E-state index is 10.6. The Hall–Kier alpha value is -1.23. The van der Waals surface area contributed by atoms with Crippen molar-refractivity contribution < 1.29 is 14.6 Å². The highest BCUT2D eigenvalue weighted by atomic mass is 79.9. The minimum absolute atomic E-state index is 0.572. The Labute approximate surface area is 131 Å². The van der Waals surface area contributed by atoms with Crippen molar-refractivity contribution >= 4 is 27.5 Å². The highest BCUT2D eigenvalue weighted by Gasteiger charge is 2.20. The molecule has 20 heavy (non-hydrogen) atoms. The molecule has 5 heteroatoms. The third kappa shape index (κ3) is 2.92. The van der Waals surface area contributed by atoms with E-state index >= 15 is 0 Å². The highest BCUT2D eigenvalue weighted by Crippen LogP contribution is 2.38. The van der Waals surface area contributed by atoms with Crippen LogP contribution in [0.4, 0.5) is 0 Å². The second-order valence-corrected chi connectivity index (χ2v) is 5.41. The van der Waals surface area contributed by atoms with Crippen LogP contribution in [0.2, 0.25) is 5.02 Å². The lowest BCUT2D eigenvalue weighted by Crippen LogP contribution is -2.05. The maximum absolute atomic E-state index is 10.6. The second-order valence-electron chi connectivity index (χ2n) is 4.15. The fourth-order valence-electron chi connectivity index (χ4n) is 2.00. The van der Waals surface area contributed by atoms with Crippen LogP contribution in [0.25, 0.3) is 0 Å². The first-order valence-corrected chi connectivity index (χ1v) is 7.09. The Balaban J connectivity index is 2.51. The molecule has 0 saturated carbocycles. The van der Waals surface area contributed by atoms with Crippen molar-refractivity contribution in [2.75, 3.05) is 14.2 Å². The molecular weight excluding hydrogens is 344 g/mol. The SMILES string of the molecule is COc1cccc(OC)c1C(O)c1ccc(Cl)c(Br)c1. The molecule has 0 aromatic heterocycles. The first-order chi connectivity index (χ1) is 9.58. The van der Waals surface area contributed by atoms with Crippen LogP contribution in [0, 0.1) is 0 Å². The van der Waals surface area contributed by atoms with Crippen molar-refractivity contribution in [3.05, 3.63) is 57.0 Å². The molecule has 0 heterocycles. The number of methoxy groups -OCH3 is 2. The van der Waals surface area contributed by atoms with E-state index in [0.29, 0.717) is 27.6 Å². The highest BCUT2D eigenvalue weighted by molar-refractivity contribution is 9.10. The first kappa shape index (κ1) is 15.2. The zero-order valence-electron chi connectivity index (χ0n) is 11.1. The van der Waals surface area contributed by atoms with Crippen LogP contribution in [-0.4, -0.2) is 19.3 Å². The molecule has 1 atom stereocenters. The van der Waals surface area contributed by atoms with E-state index in [1.165, 1.54) is 0 Å². The summed E-state index contributed by atoms with van der Waals surface area (Å²) in [7, 11) is 3.12. The summed E-state index contributed by atoms with van der Waals surface area (Å²) in [6, 6.07) is 10.7. The Morgan fingerprint density at radius 3 is 2.20 bits per heavy atom. The van der Waals surface area contributed by atoms with E-state index in [1.807, 2.05) is 6.07 Å². The summed E-state index contributed by atoms with van der Waals surface area (Å²) in [5.74, 6) is 1.14. The van der Waals surface area contributed by atoms with Crippen LogP contribution < -0.4 is 9.47 Å². The minimum atomic E-state index is -0.866. The number of aliphatic hydroxyl groups is 1. The van der Waals surface area contributed by atoms with Crippen molar-refractivity contribution in [2.24, 2.45) is 0 Å². The average Bonchev–Trinajstić information content (AvgIpc) is 2.48. The standard InChI is InChI=1S/C15H14BrClO3/c1-19-12-4-3-5-13(20-2)14(12)15(18)9-6-7-11(17)10(16)8-9/h3-8,15,18H,1-2H3. The first-order valence-electron chi connectivity index (χ1n) is 5.92. The third-order valence-corrected chi connectivity index (χ3v) is 4.21. The number of ether oxygens (including phenoxy) is 2. The summed E-state index contributed by atoms with van der Waals surface area (Å²) in [6.07, 6.45) is -0.866. The van der Waals surface area contributed by atoms with E-state index in [2.05, 4.69) is 15.9 Å². The Kier molecular flexibility index (Phi) is 4.91. The van der Waals surface area contributed by atoms with Gasteiger partial charge in [0.25, 0.3) is 0 Å². The number of rotatable bonds is 4. The topological polar surface area (TPSA) is 38.7 Å². The number of aliphatic hydroxyl groups excluding tert-OH is 1. The van der Waals surface area contributed by atoms with Crippen molar-refractivity contribution in [3.8, 4) is 11.5 Å². The molecule has 2 aromatic rings. The van der Waals surface area contributed by atoms with Crippen molar-refractivity contribution in [1.82, 2.24) is 0 Å². The summed E-state index contributed by atoms with van der Waals surface area (Å²) in [6.45, 7) is 0. The number of benzene rings is 2. The zero-order chi connectivity index (χ0) is 14.7. The molecule has 0 aliphatic rings. The van der Waals surface area contributed by atoms with E-state index in [-0.39, 0.29) is 0 Å².